The highest BCUT2D eigenvalue weighted by Gasteiger charge is 2.40. The summed E-state index contributed by atoms with van der Waals surface area (Å²) in [7, 11) is 0. The number of fused-ring (bicyclic) bond motifs is 2. The minimum Gasteiger partial charge on any atom is -0.366 e. The highest BCUT2D eigenvalue weighted by Crippen LogP contribution is 2.46. The van der Waals surface area contributed by atoms with Crippen molar-refractivity contribution in [2.24, 2.45) is 11.8 Å². The van der Waals surface area contributed by atoms with E-state index in [0.29, 0.717) is 17.8 Å². The fraction of sp³-hybridized carbons (Fsp3) is 0.615. The molecule has 0 aromatic carbocycles. The second kappa shape index (κ2) is 4.54. The fourth-order valence-corrected chi connectivity index (χ4v) is 3.52. The Morgan fingerprint density at radius 2 is 2.05 bits per heavy atom. The van der Waals surface area contributed by atoms with Gasteiger partial charge in [-0.05, 0) is 37.2 Å². The van der Waals surface area contributed by atoms with Gasteiger partial charge in [-0.3, -0.25) is 0 Å². The summed E-state index contributed by atoms with van der Waals surface area (Å²) in [6.07, 6.45) is 1.19. The van der Waals surface area contributed by atoms with Gasteiger partial charge in [-0.15, -0.1) is 0 Å². The maximum atomic E-state index is 12.5. The van der Waals surface area contributed by atoms with Crippen LogP contribution < -0.4 is 5.32 Å². The molecule has 0 saturated heterocycles. The van der Waals surface area contributed by atoms with Gasteiger partial charge in [0.15, 0.2) is 0 Å². The van der Waals surface area contributed by atoms with E-state index in [9.17, 15) is 13.2 Å². The van der Waals surface area contributed by atoms with Gasteiger partial charge in [-0.25, -0.2) is 4.98 Å². The van der Waals surface area contributed by atoms with Crippen LogP contribution in [0.1, 0.15) is 31.2 Å². The lowest BCUT2D eigenvalue weighted by Gasteiger charge is -2.24. The zero-order valence-corrected chi connectivity index (χ0v) is 10.9. The lowest BCUT2D eigenvalue weighted by Crippen LogP contribution is -2.26. The molecule has 6 heteroatoms. The third-order valence-electron chi connectivity index (χ3n) is 4.23. The third kappa shape index (κ3) is 2.53. The maximum absolute atomic E-state index is 12.5. The second-order valence-corrected chi connectivity index (χ2v) is 5.89. The van der Waals surface area contributed by atoms with Gasteiger partial charge in [0.25, 0.3) is 0 Å². The van der Waals surface area contributed by atoms with Gasteiger partial charge in [0.2, 0.25) is 0 Å². The number of hydrogen-bond acceptors (Lipinski definition) is 2. The number of pyridine rings is 1. The van der Waals surface area contributed by atoms with E-state index in [-0.39, 0.29) is 5.02 Å². The number of alkyl halides is 3. The van der Waals surface area contributed by atoms with Crippen LogP contribution in [0.25, 0.3) is 0 Å². The molecule has 0 radical (unpaired) electrons. The second-order valence-electron chi connectivity index (χ2n) is 5.48. The van der Waals surface area contributed by atoms with Gasteiger partial charge in [0.1, 0.15) is 5.82 Å². The van der Waals surface area contributed by atoms with E-state index < -0.39 is 11.7 Å². The van der Waals surface area contributed by atoms with E-state index in [2.05, 4.69) is 10.3 Å². The summed E-state index contributed by atoms with van der Waals surface area (Å²) >= 11 is 5.89. The third-order valence-corrected chi connectivity index (χ3v) is 4.52. The zero-order valence-electron chi connectivity index (χ0n) is 10.2. The van der Waals surface area contributed by atoms with Crippen LogP contribution in [0, 0.1) is 11.8 Å². The first kappa shape index (κ1) is 13.0. The van der Waals surface area contributed by atoms with E-state index in [1.165, 1.54) is 19.3 Å². The van der Waals surface area contributed by atoms with Crippen LogP contribution >= 0.6 is 11.6 Å². The van der Waals surface area contributed by atoms with E-state index in [1.54, 1.807) is 0 Å². The standard InChI is InChI=1S/C13H14ClF3N2/c14-10-5-9(13(15,16)17)6-18-12(10)19-11-4-7-1-2-8(11)3-7/h5-8,11H,1-4H2,(H,18,19). The Morgan fingerprint density at radius 3 is 2.58 bits per heavy atom. The molecule has 1 aromatic rings. The van der Waals surface area contributed by atoms with Crippen LogP contribution in [0.3, 0.4) is 0 Å². The molecule has 3 unspecified atom stereocenters. The molecule has 3 atom stereocenters. The van der Waals surface area contributed by atoms with Crippen molar-refractivity contribution in [3.05, 3.63) is 22.8 Å². The molecule has 2 aliphatic carbocycles. The predicted molar refractivity (Wildman–Crippen MR) is 67.1 cm³/mol. The van der Waals surface area contributed by atoms with Crippen LogP contribution in [0.2, 0.25) is 5.02 Å². The van der Waals surface area contributed by atoms with E-state index >= 15 is 0 Å². The summed E-state index contributed by atoms with van der Waals surface area (Å²) < 4.78 is 37.5. The minimum absolute atomic E-state index is 0.0394. The van der Waals surface area contributed by atoms with Gasteiger partial charge >= 0.3 is 6.18 Å². The summed E-state index contributed by atoms with van der Waals surface area (Å²) in [5.74, 6) is 1.74. The Kier molecular flexibility index (Phi) is 3.12. The van der Waals surface area contributed by atoms with Gasteiger partial charge in [-0.1, -0.05) is 18.0 Å². The molecule has 0 aliphatic heterocycles. The highest BCUT2D eigenvalue weighted by molar-refractivity contribution is 6.33. The van der Waals surface area contributed by atoms with Gasteiger partial charge in [0.05, 0.1) is 10.6 Å². The number of aromatic nitrogens is 1. The van der Waals surface area contributed by atoms with Crippen molar-refractivity contribution in [2.75, 3.05) is 5.32 Å². The number of nitrogens with zero attached hydrogens (tertiary/aromatic N) is 1. The average molecular weight is 291 g/mol. The van der Waals surface area contributed by atoms with Crippen LogP contribution in [-0.2, 0) is 6.18 Å². The van der Waals surface area contributed by atoms with Crippen LogP contribution in [-0.4, -0.2) is 11.0 Å². The normalized spacial score (nSPS) is 29.8. The minimum atomic E-state index is -4.40. The highest BCUT2D eigenvalue weighted by atomic mass is 35.5. The van der Waals surface area contributed by atoms with Gasteiger partial charge < -0.3 is 5.32 Å². The lowest BCUT2D eigenvalue weighted by molar-refractivity contribution is -0.137. The van der Waals surface area contributed by atoms with E-state index in [1.807, 2.05) is 0 Å². The van der Waals surface area contributed by atoms with Crippen molar-refractivity contribution >= 4 is 17.4 Å². The first-order valence-corrected chi connectivity index (χ1v) is 6.80. The SMILES string of the molecule is FC(F)(F)c1cnc(NC2CC3CCC2C3)c(Cl)c1. The molecule has 104 valence electrons. The fourth-order valence-electron chi connectivity index (χ4n) is 3.30. The maximum Gasteiger partial charge on any atom is 0.417 e. The molecule has 3 rings (SSSR count). The Hall–Kier alpha value is -0.970. The molecule has 19 heavy (non-hydrogen) atoms. The average Bonchev–Trinajstić information content (AvgIpc) is 2.92. The number of halogens is 4. The monoisotopic (exact) mass is 290 g/mol. The molecule has 2 aliphatic rings. The van der Waals surface area contributed by atoms with Crippen LogP contribution in [0.4, 0.5) is 19.0 Å². The molecule has 2 saturated carbocycles. The summed E-state index contributed by atoms with van der Waals surface area (Å²) in [6, 6.07) is 1.24. The first-order chi connectivity index (χ1) is 8.93. The Bertz CT molecular complexity index is 489. The summed E-state index contributed by atoms with van der Waals surface area (Å²) in [4.78, 5) is 3.83. The molecular weight excluding hydrogens is 277 g/mol. The number of nitrogens with one attached hydrogen (secondary N) is 1. The Balaban J connectivity index is 1.75. The van der Waals surface area contributed by atoms with E-state index in [0.717, 1.165) is 24.6 Å². The Morgan fingerprint density at radius 1 is 1.26 bits per heavy atom. The quantitative estimate of drug-likeness (QED) is 0.875. The summed E-state index contributed by atoms with van der Waals surface area (Å²) in [5, 5.41) is 3.25. The van der Waals surface area contributed by atoms with Crippen molar-refractivity contribution < 1.29 is 13.2 Å². The number of rotatable bonds is 2. The van der Waals surface area contributed by atoms with Crippen molar-refractivity contribution in [1.82, 2.24) is 4.98 Å². The first-order valence-electron chi connectivity index (χ1n) is 6.43. The van der Waals surface area contributed by atoms with Gasteiger partial charge in [-0.2, -0.15) is 13.2 Å². The predicted octanol–water partition coefficient (Wildman–Crippen LogP) is 4.35. The number of hydrogen-bond donors (Lipinski definition) is 1. The van der Waals surface area contributed by atoms with E-state index in [4.69, 9.17) is 11.6 Å². The van der Waals surface area contributed by atoms with Crippen molar-refractivity contribution in [3.63, 3.8) is 0 Å². The zero-order chi connectivity index (χ0) is 13.6. The molecule has 2 bridgehead atoms. The molecule has 2 nitrogen and oxygen atoms in total. The lowest BCUT2D eigenvalue weighted by atomic mass is 9.95. The molecule has 1 N–H and O–H groups in total. The topological polar surface area (TPSA) is 24.9 Å². The molecular formula is C13H14ClF3N2. The van der Waals surface area contributed by atoms with Crippen molar-refractivity contribution in [3.8, 4) is 0 Å². The molecule has 2 fully saturated rings. The molecule has 0 amide bonds. The van der Waals surface area contributed by atoms with Crippen molar-refractivity contribution in [2.45, 2.75) is 37.9 Å². The Labute approximate surface area is 114 Å². The molecule has 1 heterocycles. The van der Waals surface area contributed by atoms with Crippen molar-refractivity contribution in [1.29, 1.82) is 0 Å². The number of anilines is 1. The molecule has 1 aromatic heterocycles. The summed E-state index contributed by atoms with van der Waals surface area (Å²) in [6.45, 7) is 0. The van der Waals surface area contributed by atoms with Crippen LogP contribution in [0.15, 0.2) is 12.3 Å². The largest absolute Gasteiger partial charge is 0.417 e. The van der Waals surface area contributed by atoms with Crippen LogP contribution in [0.5, 0.6) is 0 Å². The van der Waals surface area contributed by atoms with Gasteiger partial charge in [0, 0.05) is 12.2 Å². The molecule has 0 spiro atoms. The summed E-state index contributed by atoms with van der Waals surface area (Å²) in [5.41, 5.74) is -0.809. The smallest absolute Gasteiger partial charge is 0.366 e.